The standard InChI is InChI=1S/C16H23N3/c1-16(2)8-7-13(10-16)18(3)12-14-11-17-15-6-4-5-9-19(14)15/h4-6,9,11,13H,7-8,10,12H2,1-3H3. The molecule has 2 aromatic heterocycles. The van der Waals surface area contributed by atoms with Gasteiger partial charge in [0.15, 0.2) is 0 Å². The van der Waals surface area contributed by atoms with Crippen LogP contribution >= 0.6 is 0 Å². The second-order valence-electron chi connectivity index (χ2n) is 6.65. The molecule has 102 valence electrons. The number of aromatic nitrogens is 2. The molecule has 3 nitrogen and oxygen atoms in total. The molecule has 0 aliphatic heterocycles. The first-order chi connectivity index (χ1) is 9.05. The van der Waals surface area contributed by atoms with E-state index in [9.17, 15) is 0 Å². The molecule has 0 amide bonds. The van der Waals surface area contributed by atoms with E-state index in [4.69, 9.17) is 0 Å². The second-order valence-corrected chi connectivity index (χ2v) is 6.65. The molecule has 0 aromatic carbocycles. The Morgan fingerprint density at radius 2 is 2.26 bits per heavy atom. The van der Waals surface area contributed by atoms with Crippen molar-refractivity contribution in [2.75, 3.05) is 7.05 Å². The molecule has 1 fully saturated rings. The highest BCUT2D eigenvalue weighted by atomic mass is 15.2. The van der Waals surface area contributed by atoms with Crippen LogP contribution in [0.1, 0.15) is 38.8 Å². The molecule has 0 radical (unpaired) electrons. The third-order valence-electron chi connectivity index (χ3n) is 4.47. The van der Waals surface area contributed by atoms with Gasteiger partial charge in [-0.1, -0.05) is 19.9 Å². The molecule has 3 heteroatoms. The molecule has 2 heterocycles. The van der Waals surface area contributed by atoms with E-state index in [1.807, 2.05) is 12.3 Å². The summed E-state index contributed by atoms with van der Waals surface area (Å²) in [6, 6.07) is 6.87. The van der Waals surface area contributed by atoms with Crippen molar-refractivity contribution in [2.45, 2.75) is 45.7 Å². The Morgan fingerprint density at radius 1 is 1.42 bits per heavy atom. The molecule has 1 saturated carbocycles. The summed E-state index contributed by atoms with van der Waals surface area (Å²) in [4.78, 5) is 6.95. The van der Waals surface area contributed by atoms with Gasteiger partial charge in [-0.2, -0.15) is 0 Å². The van der Waals surface area contributed by atoms with Gasteiger partial charge in [-0.3, -0.25) is 4.90 Å². The van der Waals surface area contributed by atoms with Crippen molar-refractivity contribution in [3.8, 4) is 0 Å². The van der Waals surface area contributed by atoms with Crippen LogP contribution in [-0.4, -0.2) is 27.4 Å². The maximum absolute atomic E-state index is 4.46. The summed E-state index contributed by atoms with van der Waals surface area (Å²) < 4.78 is 2.19. The van der Waals surface area contributed by atoms with E-state index in [0.717, 1.165) is 12.2 Å². The maximum Gasteiger partial charge on any atom is 0.136 e. The Morgan fingerprint density at radius 3 is 3.00 bits per heavy atom. The molecule has 1 unspecified atom stereocenters. The van der Waals surface area contributed by atoms with Gasteiger partial charge >= 0.3 is 0 Å². The largest absolute Gasteiger partial charge is 0.303 e. The monoisotopic (exact) mass is 257 g/mol. The minimum Gasteiger partial charge on any atom is -0.303 e. The Bertz CT molecular complexity index is 570. The van der Waals surface area contributed by atoms with Gasteiger partial charge in [-0.15, -0.1) is 0 Å². The average molecular weight is 257 g/mol. The van der Waals surface area contributed by atoms with E-state index in [1.54, 1.807) is 0 Å². The quantitative estimate of drug-likeness (QED) is 0.840. The maximum atomic E-state index is 4.46. The van der Waals surface area contributed by atoms with Gasteiger partial charge in [-0.25, -0.2) is 4.98 Å². The molecule has 0 spiro atoms. The molecule has 0 bridgehead atoms. The highest BCUT2D eigenvalue weighted by Gasteiger charge is 2.33. The Balaban J connectivity index is 1.75. The molecular formula is C16H23N3. The Labute approximate surface area is 115 Å². The first-order valence-electron chi connectivity index (χ1n) is 7.16. The number of hydrogen-bond acceptors (Lipinski definition) is 2. The van der Waals surface area contributed by atoms with Gasteiger partial charge in [-0.05, 0) is 43.9 Å². The first kappa shape index (κ1) is 12.7. The number of pyridine rings is 1. The van der Waals surface area contributed by atoms with E-state index in [-0.39, 0.29) is 0 Å². The van der Waals surface area contributed by atoms with E-state index in [2.05, 4.69) is 53.5 Å². The van der Waals surface area contributed by atoms with Crippen molar-refractivity contribution in [1.82, 2.24) is 14.3 Å². The predicted molar refractivity (Wildman–Crippen MR) is 78.1 cm³/mol. The lowest BCUT2D eigenvalue weighted by atomic mass is 9.91. The lowest BCUT2D eigenvalue weighted by Crippen LogP contribution is -2.30. The third-order valence-corrected chi connectivity index (χ3v) is 4.47. The van der Waals surface area contributed by atoms with Gasteiger partial charge < -0.3 is 4.40 Å². The number of hydrogen-bond donors (Lipinski definition) is 0. The molecule has 1 aliphatic rings. The van der Waals surface area contributed by atoms with Crippen LogP contribution in [0, 0.1) is 5.41 Å². The predicted octanol–water partition coefficient (Wildman–Crippen LogP) is 3.34. The minimum atomic E-state index is 0.512. The van der Waals surface area contributed by atoms with E-state index >= 15 is 0 Å². The van der Waals surface area contributed by atoms with E-state index < -0.39 is 0 Å². The van der Waals surface area contributed by atoms with Gasteiger partial charge in [0.25, 0.3) is 0 Å². The van der Waals surface area contributed by atoms with Crippen LogP contribution in [0.25, 0.3) is 5.65 Å². The summed E-state index contributed by atoms with van der Waals surface area (Å²) in [7, 11) is 2.24. The molecule has 1 atom stereocenters. The van der Waals surface area contributed by atoms with Crippen LogP contribution < -0.4 is 0 Å². The van der Waals surface area contributed by atoms with Gasteiger partial charge in [0.1, 0.15) is 5.65 Å². The molecule has 0 N–H and O–H groups in total. The van der Waals surface area contributed by atoms with Crippen molar-refractivity contribution < 1.29 is 0 Å². The number of imidazole rings is 1. The molecule has 19 heavy (non-hydrogen) atoms. The number of nitrogens with zero attached hydrogens (tertiary/aromatic N) is 3. The fourth-order valence-corrected chi connectivity index (χ4v) is 3.26. The van der Waals surface area contributed by atoms with Crippen LogP contribution in [0.3, 0.4) is 0 Å². The fraction of sp³-hybridized carbons (Fsp3) is 0.562. The fourth-order valence-electron chi connectivity index (χ4n) is 3.26. The summed E-state index contributed by atoms with van der Waals surface area (Å²) in [6.45, 7) is 5.75. The summed E-state index contributed by atoms with van der Waals surface area (Å²) in [5.74, 6) is 0. The smallest absolute Gasteiger partial charge is 0.136 e. The number of rotatable bonds is 3. The summed E-state index contributed by atoms with van der Waals surface area (Å²) in [5, 5.41) is 0. The van der Waals surface area contributed by atoms with Crippen molar-refractivity contribution in [2.24, 2.45) is 5.41 Å². The van der Waals surface area contributed by atoms with Crippen LogP contribution in [-0.2, 0) is 6.54 Å². The normalized spacial score (nSPS) is 22.4. The lowest BCUT2D eigenvalue weighted by molar-refractivity contribution is 0.217. The van der Waals surface area contributed by atoms with Crippen molar-refractivity contribution in [3.63, 3.8) is 0 Å². The second kappa shape index (κ2) is 4.64. The van der Waals surface area contributed by atoms with E-state index in [1.165, 1.54) is 25.0 Å². The molecule has 0 saturated heterocycles. The molecule has 2 aromatic rings. The highest BCUT2D eigenvalue weighted by molar-refractivity contribution is 5.39. The Hall–Kier alpha value is -1.35. The summed E-state index contributed by atoms with van der Waals surface area (Å²) in [5.41, 5.74) is 2.83. The van der Waals surface area contributed by atoms with Gasteiger partial charge in [0.05, 0.1) is 11.9 Å². The molecule has 1 aliphatic carbocycles. The Kier molecular flexibility index (Phi) is 3.09. The van der Waals surface area contributed by atoms with Crippen LogP contribution in [0.2, 0.25) is 0 Å². The average Bonchev–Trinajstić information content (AvgIpc) is 2.94. The first-order valence-corrected chi connectivity index (χ1v) is 7.16. The zero-order valence-corrected chi connectivity index (χ0v) is 12.1. The topological polar surface area (TPSA) is 20.5 Å². The van der Waals surface area contributed by atoms with E-state index in [0.29, 0.717) is 11.5 Å². The zero-order valence-electron chi connectivity index (χ0n) is 12.1. The van der Waals surface area contributed by atoms with Crippen molar-refractivity contribution >= 4 is 5.65 Å². The number of fused-ring (bicyclic) bond motifs is 1. The SMILES string of the molecule is CN(Cc1cnc2ccccn12)C1CCC(C)(C)C1. The lowest BCUT2D eigenvalue weighted by Gasteiger charge is -2.25. The van der Waals surface area contributed by atoms with Crippen LogP contribution in [0.4, 0.5) is 0 Å². The molecular weight excluding hydrogens is 234 g/mol. The van der Waals surface area contributed by atoms with Crippen LogP contribution in [0.15, 0.2) is 30.6 Å². The molecule has 3 rings (SSSR count). The third kappa shape index (κ3) is 2.52. The summed E-state index contributed by atoms with van der Waals surface area (Å²) in [6.07, 6.45) is 8.08. The van der Waals surface area contributed by atoms with Gasteiger partial charge in [0, 0.05) is 18.8 Å². The summed E-state index contributed by atoms with van der Waals surface area (Å²) >= 11 is 0. The van der Waals surface area contributed by atoms with Crippen molar-refractivity contribution in [1.29, 1.82) is 0 Å². The van der Waals surface area contributed by atoms with Crippen LogP contribution in [0.5, 0.6) is 0 Å². The zero-order chi connectivity index (χ0) is 13.5. The van der Waals surface area contributed by atoms with Crippen molar-refractivity contribution in [3.05, 3.63) is 36.3 Å². The van der Waals surface area contributed by atoms with Gasteiger partial charge in [0.2, 0.25) is 0 Å². The highest BCUT2D eigenvalue weighted by Crippen LogP contribution is 2.39. The minimum absolute atomic E-state index is 0.512.